The monoisotopic (exact) mass is 307 g/mol. The summed E-state index contributed by atoms with van der Waals surface area (Å²) in [4.78, 5) is 4.34. The van der Waals surface area contributed by atoms with E-state index in [1.54, 1.807) is 0 Å². The maximum atomic E-state index is 6.04. The van der Waals surface area contributed by atoms with Crippen LogP contribution in [-0.4, -0.2) is 61.3 Å². The molecule has 5 heteroatoms. The quantitative estimate of drug-likeness (QED) is 0.839. The highest BCUT2D eigenvalue weighted by atomic mass is 32.1. The van der Waals surface area contributed by atoms with Gasteiger partial charge in [-0.2, -0.15) is 0 Å². The van der Waals surface area contributed by atoms with Crippen molar-refractivity contribution in [3.8, 4) is 5.75 Å². The van der Waals surface area contributed by atoms with Crippen LogP contribution < -0.4 is 10.1 Å². The Labute approximate surface area is 133 Å². The second-order valence-electron chi connectivity index (χ2n) is 5.83. The lowest BCUT2D eigenvalue weighted by Crippen LogP contribution is -2.41. The molecule has 1 fully saturated rings. The van der Waals surface area contributed by atoms with E-state index in [0.29, 0.717) is 0 Å². The number of likely N-dealkylation sites (N-methyl/N-ethyl adjacent to an activating group) is 1. The molecule has 1 aliphatic heterocycles. The molecule has 2 rings (SSSR count). The summed E-state index contributed by atoms with van der Waals surface area (Å²) >= 11 is 5.44. The van der Waals surface area contributed by atoms with Crippen LogP contribution in [-0.2, 0) is 0 Å². The minimum atomic E-state index is 0.223. The number of likely N-dealkylation sites (tertiary alicyclic amines) is 1. The summed E-state index contributed by atoms with van der Waals surface area (Å²) in [5, 5.41) is 4.15. The Hall–Kier alpha value is -1.33. The number of hydrogen-bond donors (Lipinski definition) is 1. The predicted molar refractivity (Wildman–Crippen MR) is 90.9 cm³/mol. The van der Waals surface area contributed by atoms with Gasteiger partial charge in [-0.1, -0.05) is 12.1 Å². The number of benzene rings is 1. The fourth-order valence-electron chi connectivity index (χ4n) is 2.39. The summed E-state index contributed by atoms with van der Waals surface area (Å²) < 4.78 is 6.04. The zero-order valence-electron chi connectivity index (χ0n) is 13.1. The molecule has 116 valence electrons. The van der Waals surface area contributed by atoms with Crippen LogP contribution in [0.4, 0.5) is 0 Å². The lowest BCUT2D eigenvalue weighted by atomic mass is 10.2. The van der Waals surface area contributed by atoms with Gasteiger partial charge in [-0.15, -0.1) is 0 Å². The molecule has 1 N–H and O–H groups in total. The molecule has 0 radical (unpaired) electrons. The molecule has 0 saturated carbocycles. The van der Waals surface area contributed by atoms with Gasteiger partial charge in [0.1, 0.15) is 11.9 Å². The smallest absolute Gasteiger partial charge is 0.169 e. The van der Waals surface area contributed by atoms with E-state index in [1.807, 2.05) is 12.1 Å². The normalized spacial score (nSPS) is 18.1. The Morgan fingerprint density at radius 2 is 2.29 bits per heavy atom. The third kappa shape index (κ3) is 5.17. The molecular formula is C16H25N3OS. The van der Waals surface area contributed by atoms with Crippen molar-refractivity contribution in [2.45, 2.75) is 19.4 Å². The van der Waals surface area contributed by atoms with Gasteiger partial charge in [-0.3, -0.25) is 0 Å². The SMILES string of the molecule is Cc1cccc(OC2CCN(C(=S)NCCN(C)C)C2)c1. The number of nitrogens with one attached hydrogen (secondary N) is 1. The van der Waals surface area contributed by atoms with E-state index in [4.69, 9.17) is 17.0 Å². The van der Waals surface area contributed by atoms with E-state index in [2.05, 4.69) is 48.3 Å². The highest BCUT2D eigenvalue weighted by molar-refractivity contribution is 7.80. The Morgan fingerprint density at radius 3 is 3.00 bits per heavy atom. The van der Waals surface area contributed by atoms with Gasteiger partial charge in [0.15, 0.2) is 5.11 Å². The standard InChI is InChI=1S/C16H25N3OS/c1-13-5-4-6-14(11-13)20-15-7-9-19(12-15)16(21)17-8-10-18(2)3/h4-6,11,15H,7-10,12H2,1-3H3,(H,17,21). The summed E-state index contributed by atoms with van der Waals surface area (Å²) in [7, 11) is 4.12. The molecule has 1 atom stereocenters. The maximum Gasteiger partial charge on any atom is 0.169 e. The van der Waals surface area contributed by atoms with Crippen LogP contribution in [0.1, 0.15) is 12.0 Å². The van der Waals surface area contributed by atoms with Crippen molar-refractivity contribution in [1.29, 1.82) is 0 Å². The second-order valence-corrected chi connectivity index (χ2v) is 6.21. The van der Waals surface area contributed by atoms with Gasteiger partial charge >= 0.3 is 0 Å². The van der Waals surface area contributed by atoms with Crippen molar-refractivity contribution in [1.82, 2.24) is 15.1 Å². The van der Waals surface area contributed by atoms with E-state index >= 15 is 0 Å². The summed E-state index contributed by atoms with van der Waals surface area (Å²) in [6.07, 6.45) is 1.24. The van der Waals surface area contributed by atoms with Gasteiger partial charge in [0, 0.05) is 26.1 Å². The molecule has 1 saturated heterocycles. The fraction of sp³-hybridized carbons (Fsp3) is 0.562. The Bertz CT molecular complexity index is 478. The molecule has 1 aliphatic rings. The molecule has 1 heterocycles. The summed E-state index contributed by atoms with van der Waals surface area (Å²) in [6.45, 7) is 5.77. The van der Waals surface area contributed by atoms with Crippen molar-refractivity contribution in [3.63, 3.8) is 0 Å². The first-order valence-corrected chi connectivity index (χ1v) is 7.86. The summed E-state index contributed by atoms with van der Waals surface area (Å²) in [5.74, 6) is 0.952. The van der Waals surface area contributed by atoms with Crippen molar-refractivity contribution < 1.29 is 4.74 Å². The first-order valence-electron chi connectivity index (χ1n) is 7.45. The van der Waals surface area contributed by atoms with Crippen LogP contribution in [0.3, 0.4) is 0 Å². The molecule has 0 amide bonds. The number of rotatable bonds is 5. The number of ether oxygens (including phenoxy) is 1. The van der Waals surface area contributed by atoms with Crippen LogP contribution in [0.5, 0.6) is 5.75 Å². The molecule has 0 aliphatic carbocycles. The van der Waals surface area contributed by atoms with Gasteiger partial charge in [0.05, 0.1) is 6.54 Å². The van der Waals surface area contributed by atoms with E-state index in [1.165, 1.54) is 5.56 Å². The van der Waals surface area contributed by atoms with Gasteiger partial charge in [-0.05, 0) is 50.9 Å². The number of nitrogens with zero attached hydrogens (tertiary/aromatic N) is 2. The molecule has 1 aromatic rings. The van der Waals surface area contributed by atoms with Gasteiger partial charge < -0.3 is 19.9 Å². The fourth-order valence-corrected chi connectivity index (χ4v) is 2.66. The van der Waals surface area contributed by atoms with E-state index in [9.17, 15) is 0 Å². The minimum Gasteiger partial charge on any atom is -0.489 e. The minimum absolute atomic E-state index is 0.223. The van der Waals surface area contributed by atoms with Crippen LogP contribution in [0, 0.1) is 6.92 Å². The van der Waals surface area contributed by atoms with Crippen LogP contribution >= 0.6 is 12.2 Å². The summed E-state index contributed by atoms with van der Waals surface area (Å²) in [5.41, 5.74) is 1.23. The molecule has 1 aromatic carbocycles. The van der Waals surface area contributed by atoms with E-state index in [0.717, 1.165) is 43.5 Å². The first-order chi connectivity index (χ1) is 10.0. The van der Waals surface area contributed by atoms with Crippen molar-refractivity contribution in [2.75, 3.05) is 40.3 Å². The molecule has 4 nitrogen and oxygen atoms in total. The largest absolute Gasteiger partial charge is 0.489 e. The molecular weight excluding hydrogens is 282 g/mol. The van der Waals surface area contributed by atoms with E-state index in [-0.39, 0.29) is 6.10 Å². The second kappa shape index (κ2) is 7.61. The Kier molecular flexibility index (Phi) is 5.82. The van der Waals surface area contributed by atoms with Crippen molar-refractivity contribution in [2.24, 2.45) is 0 Å². The van der Waals surface area contributed by atoms with Crippen LogP contribution in [0.15, 0.2) is 24.3 Å². The topological polar surface area (TPSA) is 27.7 Å². The predicted octanol–water partition coefficient (Wildman–Crippen LogP) is 1.88. The molecule has 0 aromatic heterocycles. The molecule has 0 bridgehead atoms. The molecule has 21 heavy (non-hydrogen) atoms. The maximum absolute atomic E-state index is 6.04. The average molecular weight is 307 g/mol. The zero-order valence-corrected chi connectivity index (χ0v) is 13.9. The van der Waals surface area contributed by atoms with Gasteiger partial charge in [0.2, 0.25) is 0 Å². The first kappa shape index (κ1) is 16.0. The molecule has 0 spiro atoms. The third-order valence-corrected chi connectivity index (χ3v) is 3.96. The van der Waals surface area contributed by atoms with Gasteiger partial charge in [0.25, 0.3) is 0 Å². The Morgan fingerprint density at radius 1 is 1.48 bits per heavy atom. The van der Waals surface area contributed by atoms with Crippen LogP contribution in [0.2, 0.25) is 0 Å². The zero-order chi connectivity index (χ0) is 15.2. The number of thiocarbonyl (C=S) groups is 1. The Balaban J connectivity index is 1.76. The van der Waals surface area contributed by atoms with Crippen LogP contribution in [0.25, 0.3) is 0 Å². The highest BCUT2D eigenvalue weighted by Gasteiger charge is 2.25. The average Bonchev–Trinajstić information content (AvgIpc) is 2.87. The molecule has 1 unspecified atom stereocenters. The number of aryl methyl sites for hydroxylation is 1. The van der Waals surface area contributed by atoms with Crippen molar-refractivity contribution >= 4 is 17.3 Å². The summed E-state index contributed by atoms with van der Waals surface area (Å²) in [6, 6.07) is 8.21. The number of hydrogen-bond acceptors (Lipinski definition) is 3. The van der Waals surface area contributed by atoms with E-state index < -0.39 is 0 Å². The lowest BCUT2D eigenvalue weighted by Gasteiger charge is -2.21. The highest BCUT2D eigenvalue weighted by Crippen LogP contribution is 2.19. The van der Waals surface area contributed by atoms with Gasteiger partial charge in [-0.25, -0.2) is 0 Å². The third-order valence-electron chi connectivity index (χ3n) is 3.56. The van der Waals surface area contributed by atoms with Crippen molar-refractivity contribution in [3.05, 3.63) is 29.8 Å². The lowest BCUT2D eigenvalue weighted by molar-refractivity contribution is 0.214.